The van der Waals surface area contributed by atoms with E-state index in [0.717, 1.165) is 51.4 Å². The number of carbonyl (C=O) groups is 2. The van der Waals surface area contributed by atoms with Crippen molar-refractivity contribution in [2.75, 3.05) is 13.2 Å². The summed E-state index contributed by atoms with van der Waals surface area (Å²) < 4.78 is 46.1. The fraction of sp³-hybridized carbons (Fsp3) is 0.900. The Bertz CT molecular complexity index is 519. The van der Waals surface area contributed by atoms with Gasteiger partial charge in [0.2, 0.25) is 5.79 Å². The van der Waals surface area contributed by atoms with Gasteiger partial charge in [0.05, 0.1) is 13.2 Å². The summed E-state index contributed by atoms with van der Waals surface area (Å²) in [7, 11) is -5.13. The van der Waals surface area contributed by atoms with Gasteiger partial charge in [0.15, 0.2) is 11.5 Å². The summed E-state index contributed by atoms with van der Waals surface area (Å²) in [6, 6.07) is 0. The van der Waals surface area contributed by atoms with Crippen molar-refractivity contribution in [3.05, 3.63) is 0 Å². The van der Waals surface area contributed by atoms with E-state index in [9.17, 15) is 22.6 Å². The Hall–Kier alpha value is 0.170. The fourth-order valence-electron chi connectivity index (χ4n) is 3.00. The van der Waals surface area contributed by atoms with Gasteiger partial charge in [-0.25, -0.2) is 8.42 Å². The molecule has 3 unspecified atom stereocenters. The molecule has 0 aliphatic rings. The third kappa shape index (κ3) is 11.4. The van der Waals surface area contributed by atoms with Crippen molar-refractivity contribution in [3.63, 3.8) is 0 Å². The quantitative estimate of drug-likeness (QED) is 0.131. The summed E-state index contributed by atoms with van der Waals surface area (Å²) in [6.07, 6.45) is 7.21. The maximum atomic E-state index is 11.9. The normalized spacial score (nSPS) is 16.9. The van der Waals surface area contributed by atoms with Crippen LogP contribution in [0.5, 0.6) is 0 Å². The van der Waals surface area contributed by atoms with E-state index < -0.39 is 21.2 Å². The van der Waals surface area contributed by atoms with Gasteiger partial charge < -0.3 is 18.8 Å². The van der Waals surface area contributed by atoms with Crippen LogP contribution in [0.1, 0.15) is 79.1 Å². The molecule has 7 nitrogen and oxygen atoms in total. The molecule has 0 saturated carbocycles. The molecule has 0 rings (SSSR count). The van der Waals surface area contributed by atoms with Gasteiger partial charge in [0.1, 0.15) is 16.4 Å². The van der Waals surface area contributed by atoms with E-state index >= 15 is 0 Å². The predicted octanol–water partition coefficient (Wildman–Crippen LogP) is 0.464. The Labute approximate surface area is 198 Å². The molecule has 0 aromatic rings. The Morgan fingerprint density at radius 2 is 1.31 bits per heavy atom. The zero-order chi connectivity index (χ0) is 21.6. The van der Waals surface area contributed by atoms with Crippen molar-refractivity contribution in [2.24, 2.45) is 11.8 Å². The molecule has 0 aromatic heterocycles. The van der Waals surface area contributed by atoms with Gasteiger partial charge in [0.25, 0.3) is 0 Å². The fourth-order valence-corrected chi connectivity index (χ4v) is 3.73. The van der Waals surface area contributed by atoms with Crippen LogP contribution in [0.15, 0.2) is 0 Å². The minimum Gasteiger partial charge on any atom is -0.747 e. The molecule has 0 saturated heterocycles. The van der Waals surface area contributed by atoms with Gasteiger partial charge in [-0.1, -0.05) is 66.2 Å². The number of hydrogen-bond acceptors (Lipinski definition) is 7. The first-order valence-corrected chi connectivity index (χ1v) is 11.9. The van der Waals surface area contributed by atoms with Crippen LogP contribution in [-0.2, 0) is 29.2 Å². The van der Waals surface area contributed by atoms with Crippen LogP contribution >= 0.6 is 0 Å². The van der Waals surface area contributed by atoms with Crippen molar-refractivity contribution >= 4 is 22.7 Å². The first-order valence-electron chi connectivity index (χ1n) is 10.4. The van der Waals surface area contributed by atoms with E-state index in [1.165, 1.54) is 0 Å². The molecule has 9 heteroatoms. The SMILES string of the molecule is CCCCC(CC)COC(C=O)(OCC(CC)CCCC)C(C=O)S(=O)(=O)[O-].[Na+]. The third-order valence-corrected chi connectivity index (χ3v) is 6.23. The predicted molar refractivity (Wildman–Crippen MR) is 107 cm³/mol. The average Bonchev–Trinajstić information content (AvgIpc) is 2.66. The monoisotopic (exact) mass is 444 g/mol. The molecule has 0 heterocycles. The molecule has 29 heavy (non-hydrogen) atoms. The van der Waals surface area contributed by atoms with E-state index in [4.69, 9.17) is 9.47 Å². The number of hydrogen-bond donors (Lipinski definition) is 0. The minimum absolute atomic E-state index is 0. The maximum Gasteiger partial charge on any atom is 1.00 e. The van der Waals surface area contributed by atoms with Crippen molar-refractivity contribution < 1.29 is 61.6 Å². The molecule has 0 fully saturated rings. The zero-order valence-electron chi connectivity index (χ0n) is 18.7. The summed E-state index contributed by atoms with van der Waals surface area (Å²) in [6.45, 7) is 8.13. The van der Waals surface area contributed by atoms with E-state index in [1.54, 1.807) is 0 Å². The Balaban J connectivity index is 0. The Morgan fingerprint density at radius 1 is 0.897 bits per heavy atom. The van der Waals surface area contributed by atoms with Crippen LogP contribution in [0.4, 0.5) is 0 Å². The topological polar surface area (TPSA) is 110 Å². The first kappa shape index (κ1) is 31.4. The molecule has 0 aromatic carbocycles. The van der Waals surface area contributed by atoms with Crippen molar-refractivity contribution in [3.8, 4) is 0 Å². The standard InChI is InChI=1S/C20H38O7S.Na/c1-5-9-11-17(7-3)14-26-20(16-22,19(13-21)28(23,24)25)27-15-18(8-4)12-10-6-2;/h13,16-19H,5-12,14-15H2,1-4H3,(H,23,24,25);/q;+1/p-1. The molecule has 0 aliphatic heterocycles. The van der Waals surface area contributed by atoms with Gasteiger partial charge in [-0.3, -0.25) is 4.79 Å². The van der Waals surface area contributed by atoms with Gasteiger partial charge in [-0.2, -0.15) is 0 Å². The van der Waals surface area contributed by atoms with Crippen LogP contribution in [0.3, 0.4) is 0 Å². The summed E-state index contributed by atoms with van der Waals surface area (Å²) in [5, 5.41) is -2.23. The van der Waals surface area contributed by atoms with Crippen molar-refractivity contribution in [2.45, 2.75) is 90.1 Å². The average molecular weight is 445 g/mol. The van der Waals surface area contributed by atoms with Gasteiger partial charge in [-0.15, -0.1) is 0 Å². The number of carbonyl (C=O) groups excluding carboxylic acids is 2. The van der Waals surface area contributed by atoms with Gasteiger partial charge in [-0.05, 0) is 24.7 Å². The van der Waals surface area contributed by atoms with Crippen molar-refractivity contribution in [1.29, 1.82) is 0 Å². The maximum absolute atomic E-state index is 11.9. The summed E-state index contributed by atoms with van der Waals surface area (Å²) in [5.41, 5.74) is 0. The summed E-state index contributed by atoms with van der Waals surface area (Å²) in [4.78, 5) is 23.3. The minimum atomic E-state index is -5.13. The second kappa shape index (κ2) is 16.8. The van der Waals surface area contributed by atoms with E-state index in [1.807, 2.05) is 13.8 Å². The second-order valence-electron chi connectivity index (χ2n) is 7.34. The first-order chi connectivity index (χ1) is 13.2. The van der Waals surface area contributed by atoms with Crippen LogP contribution in [0.25, 0.3) is 0 Å². The van der Waals surface area contributed by atoms with Crippen LogP contribution < -0.4 is 29.6 Å². The molecule has 0 bridgehead atoms. The second-order valence-corrected chi connectivity index (χ2v) is 8.84. The number of aldehydes is 2. The van der Waals surface area contributed by atoms with E-state index in [0.29, 0.717) is 0 Å². The van der Waals surface area contributed by atoms with E-state index in [2.05, 4.69) is 13.8 Å². The number of ether oxygens (including phenoxy) is 2. The molecule has 0 radical (unpaired) electrons. The van der Waals surface area contributed by atoms with Crippen molar-refractivity contribution in [1.82, 2.24) is 0 Å². The summed E-state index contributed by atoms with van der Waals surface area (Å²) in [5.74, 6) is -2.25. The van der Waals surface area contributed by atoms with Gasteiger partial charge >= 0.3 is 29.6 Å². The Morgan fingerprint density at radius 3 is 1.55 bits per heavy atom. The zero-order valence-corrected chi connectivity index (χ0v) is 21.5. The van der Waals surface area contributed by atoms with Crippen LogP contribution in [0, 0.1) is 11.8 Å². The van der Waals surface area contributed by atoms with Gasteiger partial charge in [0, 0.05) is 0 Å². The molecule has 166 valence electrons. The van der Waals surface area contributed by atoms with E-state index in [-0.39, 0.29) is 67.2 Å². The summed E-state index contributed by atoms with van der Waals surface area (Å²) >= 11 is 0. The molecule has 0 N–H and O–H groups in total. The molecule has 0 aliphatic carbocycles. The Kier molecular flexibility index (Phi) is 18.2. The number of unbranched alkanes of at least 4 members (excludes halogenated alkanes) is 2. The molecule has 0 spiro atoms. The molecular weight excluding hydrogens is 407 g/mol. The van der Waals surface area contributed by atoms with Crippen LogP contribution in [0.2, 0.25) is 0 Å². The molecule has 0 amide bonds. The van der Waals surface area contributed by atoms with Crippen LogP contribution in [-0.4, -0.2) is 49.8 Å². The molecular formula is C20H37NaO7S. The molecule has 3 atom stereocenters. The largest absolute Gasteiger partial charge is 1.00 e. The number of rotatable bonds is 18. The third-order valence-electron chi connectivity index (χ3n) is 5.17. The smallest absolute Gasteiger partial charge is 0.747 e.